The number of nitrogens with zero attached hydrogens (tertiary/aromatic N) is 1. The molecule has 5 aliphatic rings. The topological polar surface area (TPSA) is 86.7 Å². The van der Waals surface area contributed by atoms with Crippen molar-refractivity contribution < 1.29 is 33.9 Å². The van der Waals surface area contributed by atoms with Crippen LogP contribution in [0.1, 0.15) is 46.5 Å². The first-order chi connectivity index (χ1) is 12.8. The van der Waals surface area contributed by atoms with E-state index in [2.05, 4.69) is 6.92 Å². The molecular formula is C19H31NO7. The lowest BCUT2D eigenvalue weighted by Gasteiger charge is -2.59. The third kappa shape index (κ3) is 2.97. The molecule has 0 aromatic carbocycles. The van der Waals surface area contributed by atoms with Crippen molar-refractivity contribution >= 4 is 6.09 Å². The maximum Gasteiger partial charge on any atom is 0.411 e. The molecule has 8 nitrogen and oxygen atoms in total. The van der Waals surface area contributed by atoms with Crippen molar-refractivity contribution in [2.45, 2.75) is 70.4 Å². The maximum atomic E-state index is 12.3. The standard InChI is InChI=1S/C19H31NO7/c1-11-5-6-14-12(2)15(24-17(22)20(4)9-10-21)23-16-19(14)13(11)7-8-18(3,25-16)26-27-19/h11-16,21H,5-10H2,1-4H3/t11-,12-,13+,14+,15-,16-,18-,19?/m1/s1. The number of fused-ring (bicyclic) bond motifs is 2. The van der Waals surface area contributed by atoms with Gasteiger partial charge < -0.3 is 24.2 Å². The van der Waals surface area contributed by atoms with Crippen molar-refractivity contribution in [3.05, 3.63) is 0 Å². The fourth-order valence-corrected chi connectivity index (χ4v) is 5.44. The number of aliphatic hydroxyl groups is 1. The summed E-state index contributed by atoms with van der Waals surface area (Å²) in [5.41, 5.74) is -0.660. The number of aliphatic hydroxyl groups excluding tert-OH is 1. The van der Waals surface area contributed by atoms with Gasteiger partial charge in [-0.25, -0.2) is 14.6 Å². The van der Waals surface area contributed by atoms with Crippen molar-refractivity contribution in [2.24, 2.45) is 23.7 Å². The Morgan fingerprint density at radius 3 is 2.74 bits per heavy atom. The van der Waals surface area contributed by atoms with Crippen LogP contribution in [-0.4, -0.2) is 60.3 Å². The van der Waals surface area contributed by atoms with Gasteiger partial charge in [-0.05, 0) is 38.0 Å². The Hall–Kier alpha value is -0.930. The summed E-state index contributed by atoms with van der Waals surface area (Å²) in [5.74, 6) is -0.0254. The van der Waals surface area contributed by atoms with Crippen LogP contribution in [0.3, 0.4) is 0 Å². The van der Waals surface area contributed by atoms with Gasteiger partial charge in [-0.3, -0.25) is 0 Å². The molecule has 1 unspecified atom stereocenters. The zero-order valence-electron chi connectivity index (χ0n) is 16.6. The van der Waals surface area contributed by atoms with Crippen LogP contribution in [0.15, 0.2) is 0 Å². The first-order valence-corrected chi connectivity index (χ1v) is 10.0. The number of carbonyl (C=O) groups is 1. The summed E-state index contributed by atoms with van der Waals surface area (Å²) in [4.78, 5) is 25.5. The Morgan fingerprint density at radius 1 is 1.22 bits per heavy atom. The maximum absolute atomic E-state index is 12.3. The molecule has 1 saturated carbocycles. The van der Waals surface area contributed by atoms with Crippen LogP contribution in [0.25, 0.3) is 0 Å². The van der Waals surface area contributed by atoms with Crippen molar-refractivity contribution in [3.63, 3.8) is 0 Å². The molecular weight excluding hydrogens is 354 g/mol. The number of rotatable bonds is 3. The molecule has 0 aromatic rings. The zero-order chi connectivity index (χ0) is 19.4. The summed E-state index contributed by atoms with van der Waals surface area (Å²) in [6, 6.07) is 0. The number of likely N-dealkylation sites (N-methyl/N-ethyl adjacent to an activating group) is 1. The highest BCUT2D eigenvalue weighted by molar-refractivity contribution is 5.67. The lowest BCUT2D eigenvalue weighted by atomic mass is 9.58. The van der Waals surface area contributed by atoms with Crippen LogP contribution in [0, 0.1) is 23.7 Å². The highest BCUT2D eigenvalue weighted by atomic mass is 17.3. The summed E-state index contributed by atoms with van der Waals surface area (Å²) in [5, 5.41) is 9.04. The smallest absolute Gasteiger partial charge is 0.411 e. The van der Waals surface area contributed by atoms with Crippen LogP contribution in [0.2, 0.25) is 0 Å². The second kappa shape index (κ2) is 6.84. The fourth-order valence-electron chi connectivity index (χ4n) is 5.44. The van der Waals surface area contributed by atoms with Gasteiger partial charge in [0.15, 0.2) is 11.9 Å². The van der Waals surface area contributed by atoms with Gasteiger partial charge in [-0.15, -0.1) is 0 Å². The quantitative estimate of drug-likeness (QED) is 0.746. The molecule has 27 heavy (non-hydrogen) atoms. The van der Waals surface area contributed by atoms with Gasteiger partial charge in [0.2, 0.25) is 12.1 Å². The van der Waals surface area contributed by atoms with Crippen LogP contribution < -0.4 is 0 Å². The van der Waals surface area contributed by atoms with E-state index >= 15 is 0 Å². The van der Waals surface area contributed by atoms with Crippen molar-refractivity contribution in [3.8, 4) is 0 Å². The van der Waals surface area contributed by atoms with E-state index in [1.807, 2.05) is 13.8 Å². The molecule has 5 fully saturated rings. The van der Waals surface area contributed by atoms with E-state index in [0.717, 1.165) is 25.7 Å². The van der Waals surface area contributed by atoms with E-state index in [0.29, 0.717) is 5.92 Å². The Bertz CT molecular complexity index is 588. The van der Waals surface area contributed by atoms with Gasteiger partial charge in [-0.1, -0.05) is 13.8 Å². The Kier molecular flexibility index (Phi) is 4.91. The molecule has 1 N–H and O–H groups in total. The minimum atomic E-state index is -0.847. The average Bonchev–Trinajstić information content (AvgIpc) is 2.85. The van der Waals surface area contributed by atoms with Crippen molar-refractivity contribution in [1.29, 1.82) is 0 Å². The van der Waals surface area contributed by atoms with Gasteiger partial charge in [0.05, 0.1) is 6.61 Å². The van der Waals surface area contributed by atoms with Crippen LogP contribution >= 0.6 is 0 Å². The Morgan fingerprint density at radius 2 is 2.00 bits per heavy atom. The minimum absolute atomic E-state index is 0.0580. The van der Waals surface area contributed by atoms with Crippen molar-refractivity contribution in [1.82, 2.24) is 4.90 Å². The van der Waals surface area contributed by atoms with E-state index in [1.54, 1.807) is 7.05 Å². The second-order valence-corrected chi connectivity index (χ2v) is 8.80. The average molecular weight is 385 g/mol. The molecule has 4 aliphatic heterocycles. The predicted molar refractivity (Wildman–Crippen MR) is 93.0 cm³/mol. The van der Waals surface area contributed by atoms with Gasteiger partial charge in [0.25, 0.3) is 0 Å². The second-order valence-electron chi connectivity index (χ2n) is 8.80. The van der Waals surface area contributed by atoms with E-state index in [-0.39, 0.29) is 30.9 Å². The van der Waals surface area contributed by atoms with E-state index in [1.165, 1.54) is 4.90 Å². The van der Waals surface area contributed by atoms with Crippen LogP contribution in [-0.2, 0) is 24.0 Å². The van der Waals surface area contributed by atoms with Crippen LogP contribution in [0.5, 0.6) is 0 Å². The summed E-state index contributed by atoms with van der Waals surface area (Å²) in [7, 11) is 1.59. The largest absolute Gasteiger partial charge is 0.419 e. The molecule has 4 heterocycles. The molecule has 1 amide bonds. The number of hydrogen-bond acceptors (Lipinski definition) is 7. The third-order valence-electron chi connectivity index (χ3n) is 7.06. The SMILES string of the molecule is C[C@H]1[C@@H](OC(=O)N(C)CCO)O[C@@H]2O[C@@]3(C)CC[C@H]4[C@H](C)CC[C@@H]1C24OO3. The van der Waals surface area contributed by atoms with Crippen molar-refractivity contribution in [2.75, 3.05) is 20.2 Å². The Balaban J connectivity index is 1.61. The van der Waals surface area contributed by atoms with Crippen LogP contribution in [0.4, 0.5) is 4.79 Å². The molecule has 2 bridgehead atoms. The van der Waals surface area contributed by atoms with Gasteiger partial charge >= 0.3 is 6.09 Å². The summed E-state index contributed by atoms with van der Waals surface area (Å²) < 4.78 is 18.1. The molecule has 1 spiro atoms. The predicted octanol–water partition coefficient (Wildman–Crippen LogP) is 2.26. The zero-order valence-corrected chi connectivity index (χ0v) is 16.6. The molecule has 0 radical (unpaired) electrons. The first-order valence-electron chi connectivity index (χ1n) is 10.0. The summed E-state index contributed by atoms with van der Waals surface area (Å²) in [6.45, 7) is 6.26. The molecule has 5 rings (SSSR count). The number of hydrogen-bond donors (Lipinski definition) is 1. The highest BCUT2D eigenvalue weighted by Gasteiger charge is 2.69. The number of carbonyl (C=O) groups excluding carboxylic acids is 1. The van der Waals surface area contributed by atoms with E-state index in [4.69, 9.17) is 29.1 Å². The molecule has 0 aromatic heterocycles. The van der Waals surface area contributed by atoms with E-state index in [9.17, 15) is 4.79 Å². The minimum Gasteiger partial charge on any atom is -0.419 e. The summed E-state index contributed by atoms with van der Waals surface area (Å²) >= 11 is 0. The third-order valence-corrected chi connectivity index (χ3v) is 7.06. The summed E-state index contributed by atoms with van der Waals surface area (Å²) in [6.07, 6.45) is 1.88. The number of amides is 1. The van der Waals surface area contributed by atoms with E-state index < -0.39 is 30.1 Å². The lowest BCUT2D eigenvalue weighted by Crippen LogP contribution is -2.70. The lowest BCUT2D eigenvalue weighted by molar-refractivity contribution is -0.576. The van der Waals surface area contributed by atoms with Gasteiger partial charge in [0, 0.05) is 31.8 Å². The van der Waals surface area contributed by atoms with Gasteiger partial charge in [-0.2, -0.15) is 0 Å². The number of ether oxygens (including phenoxy) is 3. The molecule has 4 saturated heterocycles. The Labute approximate surface area is 159 Å². The monoisotopic (exact) mass is 385 g/mol. The molecule has 1 aliphatic carbocycles. The molecule has 8 heteroatoms. The highest BCUT2D eigenvalue weighted by Crippen LogP contribution is 2.60. The van der Waals surface area contributed by atoms with Gasteiger partial charge in [0.1, 0.15) is 0 Å². The first kappa shape index (κ1) is 19.4. The fraction of sp³-hybridized carbons (Fsp3) is 0.947. The molecule has 8 atom stereocenters. The normalized spacial score (nSPS) is 48.5. The molecule has 154 valence electrons.